The molecule has 3 aromatic rings. The summed E-state index contributed by atoms with van der Waals surface area (Å²) in [6.07, 6.45) is 4.07. The molecule has 1 aliphatic rings. The molecule has 9 heteroatoms. The van der Waals surface area contributed by atoms with E-state index in [1.54, 1.807) is 36.0 Å². The lowest BCUT2D eigenvalue weighted by molar-refractivity contribution is 0.178. The van der Waals surface area contributed by atoms with E-state index in [-0.39, 0.29) is 17.9 Å². The number of methoxy groups -OCH3 is 1. The smallest absolute Gasteiger partial charge is 0.414 e. The largest absolute Gasteiger partial charge is 0.452 e. The number of amides is 1. The van der Waals surface area contributed by atoms with Crippen molar-refractivity contribution in [1.82, 2.24) is 9.55 Å². The first-order valence-corrected chi connectivity index (χ1v) is 10.6. The summed E-state index contributed by atoms with van der Waals surface area (Å²) in [5, 5.41) is 0.746. The standard InChI is InChI=1S/C19H19N3O5S/c1-21-8-12-9-22(19(24)27-2)15-5-4-11(10-28(3,25)26)6-13(15)14-7-20-18(23)17(21)16(12)14/h4-8H,9-10H2,1-3H3,(H,20,23). The number of nitrogens with zero attached hydrogens (tertiary/aromatic N) is 2. The molecule has 1 aliphatic heterocycles. The van der Waals surface area contributed by atoms with E-state index in [1.165, 1.54) is 18.3 Å². The second-order valence-corrected chi connectivity index (χ2v) is 9.14. The van der Waals surface area contributed by atoms with Gasteiger partial charge in [0.2, 0.25) is 0 Å². The number of rotatable bonds is 2. The fourth-order valence-corrected chi connectivity index (χ4v) is 4.62. The molecule has 0 fully saturated rings. The van der Waals surface area contributed by atoms with E-state index in [2.05, 4.69) is 4.98 Å². The Kier molecular flexibility index (Phi) is 4.07. The molecule has 0 aliphatic carbocycles. The highest BCUT2D eigenvalue weighted by Crippen LogP contribution is 2.41. The summed E-state index contributed by atoms with van der Waals surface area (Å²) in [5.74, 6) is -0.118. The topological polar surface area (TPSA) is 101 Å². The number of aryl methyl sites for hydroxylation is 1. The number of benzene rings is 1. The molecule has 1 amide bonds. The predicted molar refractivity (Wildman–Crippen MR) is 106 cm³/mol. The Balaban J connectivity index is 2.07. The Morgan fingerprint density at radius 1 is 1.29 bits per heavy atom. The first-order chi connectivity index (χ1) is 13.2. The Bertz CT molecular complexity index is 1290. The van der Waals surface area contributed by atoms with Crippen LogP contribution in [0.25, 0.3) is 22.0 Å². The number of pyridine rings is 1. The van der Waals surface area contributed by atoms with Crippen molar-refractivity contribution in [1.29, 1.82) is 0 Å². The minimum atomic E-state index is -3.23. The lowest BCUT2D eigenvalue weighted by Crippen LogP contribution is -2.30. The average Bonchev–Trinajstić information content (AvgIpc) is 2.88. The van der Waals surface area contributed by atoms with Gasteiger partial charge < -0.3 is 14.3 Å². The molecular weight excluding hydrogens is 382 g/mol. The molecule has 0 spiro atoms. The molecule has 1 aromatic carbocycles. The number of carbonyl (C=O) groups excluding carboxylic acids is 1. The van der Waals surface area contributed by atoms with E-state index >= 15 is 0 Å². The summed E-state index contributed by atoms with van der Waals surface area (Å²) >= 11 is 0. The second-order valence-electron chi connectivity index (χ2n) is 7.00. The number of aromatic amines is 1. The molecule has 8 nitrogen and oxygen atoms in total. The first-order valence-electron chi connectivity index (χ1n) is 8.55. The van der Waals surface area contributed by atoms with Gasteiger partial charge in [-0.1, -0.05) is 6.07 Å². The Morgan fingerprint density at radius 3 is 2.71 bits per heavy atom. The SMILES string of the molecule is COC(=O)N1Cc2cn(C)c3c(=O)[nH]cc(c23)-c2cc(CS(C)(=O)=O)ccc21. The fourth-order valence-electron chi connectivity index (χ4n) is 3.83. The van der Waals surface area contributed by atoms with E-state index in [0.29, 0.717) is 22.3 Å². The third kappa shape index (κ3) is 2.88. The number of hydrogen-bond donors (Lipinski definition) is 1. The third-order valence-corrected chi connectivity index (χ3v) is 5.74. The zero-order valence-electron chi connectivity index (χ0n) is 15.6. The lowest BCUT2D eigenvalue weighted by atomic mass is 9.99. The summed E-state index contributed by atoms with van der Waals surface area (Å²) in [6, 6.07) is 5.16. The molecule has 0 bridgehead atoms. The minimum absolute atomic E-state index is 0.118. The minimum Gasteiger partial charge on any atom is -0.452 e. The molecule has 28 heavy (non-hydrogen) atoms. The van der Waals surface area contributed by atoms with Crippen LogP contribution in [0.4, 0.5) is 10.5 Å². The van der Waals surface area contributed by atoms with Crippen molar-refractivity contribution in [3.8, 4) is 11.1 Å². The molecule has 2 aromatic heterocycles. The van der Waals surface area contributed by atoms with Crippen molar-refractivity contribution < 1.29 is 17.9 Å². The number of nitrogens with one attached hydrogen (secondary N) is 1. The number of sulfone groups is 1. The molecular formula is C19H19N3O5S. The maximum absolute atomic E-state index is 12.5. The zero-order valence-corrected chi connectivity index (χ0v) is 16.5. The number of ether oxygens (including phenoxy) is 1. The van der Waals surface area contributed by atoms with Crippen molar-refractivity contribution in [2.24, 2.45) is 7.05 Å². The normalized spacial score (nSPS) is 13.3. The molecule has 146 valence electrons. The van der Waals surface area contributed by atoms with Crippen LogP contribution in [0.3, 0.4) is 0 Å². The van der Waals surface area contributed by atoms with Crippen molar-refractivity contribution in [2.75, 3.05) is 18.3 Å². The van der Waals surface area contributed by atoms with Gasteiger partial charge in [0.1, 0.15) is 5.52 Å². The quantitative estimate of drug-likeness (QED) is 0.709. The summed E-state index contributed by atoms with van der Waals surface area (Å²) in [5.41, 5.74) is 3.68. The van der Waals surface area contributed by atoms with Gasteiger partial charge in [-0.05, 0) is 23.3 Å². The summed E-state index contributed by atoms with van der Waals surface area (Å²) < 4.78 is 30.2. The number of H-pyrrole nitrogens is 1. The Labute approximate surface area is 161 Å². The van der Waals surface area contributed by atoms with E-state index in [4.69, 9.17) is 4.74 Å². The highest BCUT2D eigenvalue weighted by molar-refractivity contribution is 7.89. The third-order valence-electron chi connectivity index (χ3n) is 4.89. The molecule has 0 saturated heterocycles. The maximum atomic E-state index is 12.5. The van der Waals surface area contributed by atoms with Crippen molar-refractivity contribution >= 4 is 32.5 Å². The van der Waals surface area contributed by atoms with Crippen LogP contribution in [0, 0.1) is 0 Å². The number of fused-ring (bicyclic) bond motifs is 2. The summed E-state index contributed by atoms with van der Waals surface area (Å²) in [4.78, 5) is 29.1. The van der Waals surface area contributed by atoms with Crippen LogP contribution >= 0.6 is 0 Å². The van der Waals surface area contributed by atoms with Gasteiger partial charge >= 0.3 is 6.09 Å². The molecule has 1 N–H and O–H groups in total. The van der Waals surface area contributed by atoms with E-state index in [0.717, 1.165) is 16.5 Å². The summed E-state index contributed by atoms with van der Waals surface area (Å²) in [7, 11) is -0.148. The van der Waals surface area contributed by atoms with Crippen molar-refractivity contribution in [2.45, 2.75) is 12.3 Å². The fraction of sp³-hybridized carbons (Fsp3) is 0.263. The average molecular weight is 401 g/mol. The number of hydrogen-bond acceptors (Lipinski definition) is 5. The van der Waals surface area contributed by atoms with E-state index < -0.39 is 15.9 Å². The van der Waals surface area contributed by atoms with E-state index in [9.17, 15) is 18.0 Å². The van der Waals surface area contributed by atoms with Crippen molar-refractivity contribution in [3.63, 3.8) is 0 Å². The molecule has 0 saturated carbocycles. The first kappa shape index (κ1) is 18.3. The molecule has 0 unspecified atom stereocenters. The van der Waals surface area contributed by atoms with Gasteiger partial charge in [-0.3, -0.25) is 9.69 Å². The highest BCUT2D eigenvalue weighted by Gasteiger charge is 2.28. The molecule has 0 radical (unpaired) electrons. The van der Waals surface area contributed by atoms with Gasteiger partial charge in [-0.25, -0.2) is 13.2 Å². The van der Waals surface area contributed by atoms with Gasteiger partial charge in [0, 0.05) is 42.2 Å². The molecule has 3 heterocycles. The van der Waals surface area contributed by atoms with Crippen LogP contribution in [-0.4, -0.2) is 37.4 Å². The van der Waals surface area contributed by atoms with Crippen LogP contribution < -0.4 is 10.5 Å². The zero-order chi connectivity index (χ0) is 20.2. The van der Waals surface area contributed by atoms with Gasteiger partial charge in [0.05, 0.1) is 25.1 Å². The lowest BCUT2D eigenvalue weighted by Gasteiger charge is -2.22. The van der Waals surface area contributed by atoms with Crippen molar-refractivity contribution in [3.05, 3.63) is 52.1 Å². The monoisotopic (exact) mass is 401 g/mol. The molecule has 4 rings (SSSR count). The molecule has 0 atom stereocenters. The Morgan fingerprint density at radius 2 is 2.04 bits per heavy atom. The number of carbonyl (C=O) groups is 1. The predicted octanol–water partition coefficient (Wildman–Crippen LogP) is 2.16. The van der Waals surface area contributed by atoms with Crippen LogP contribution in [0.2, 0.25) is 0 Å². The number of aromatic nitrogens is 2. The second kappa shape index (κ2) is 6.23. The van der Waals surface area contributed by atoms with Gasteiger partial charge in [0.25, 0.3) is 5.56 Å². The van der Waals surface area contributed by atoms with E-state index in [1.807, 2.05) is 6.20 Å². The van der Waals surface area contributed by atoms with Gasteiger partial charge in [-0.2, -0.15) is 0 Å². The van der Waals surface area contributed by atoms with Crippen LogP contribution in [0.5, 0.6) is 0 Å². The van der Waals surface area contributed by atoms with Crippen LogP contribution in [0.15, 0.2) is 35.4 Å². The maximum Gasteiger partial charge on any atom is 0.414 e. The van der Waals surface area contributed by atoms with Crippen LogP contribution in [-0.2, 0) is 33.9 Å². The van der Waals surface area contributed by atoms with Crippen LogP contribution in [0.1, 0.15) is 11.1 Å². The van der Waals surface area contributed by atoms with Gasteiger partial charge in [0.15, 0.2) is 9.84 Å². The summed E-state index contributed by atoms with van der Waals surface area (Å²) in [6.45, 7) is 0.235. The van der Waals surface area contributed by atoms with Gasteiger partial charge in [-0.15, -0.1) is 0 Å². The highest BCUT2D eigenvalue weighted by atomic mass is 32.2. The number of anilines is 1. The Hall–Kier alpha value is -3.07.